The molecule has 0 aromatic carbocycles. The fourth-order valence-corrected chi connectivity index (χ4v) is 0. The van der Waals surface area contributed by atoms with Crippen LogP contribution in [0.5, 0.6) is 0 Å². The molecule has 0 aromatic heterocycles. The van der Waals surface area contributed by atoms with Gasteiger partial charge in [0.25, 0.3) is 0 Å². The highest BCUT2D eigenvalue weighted by molar-refractivity contribution is 6.12. The second-order valence-corrected chi connectivity index (χ2v) is 1.09. The van der Waals surface area contributed by atoms with E-state index < -0.39 is 0 Å². The zero-order chi connectivity index (χ0) is 4.28. The molecule has 0 nitrogen and oxygen atoms in total. The van der Waals surface area contributed by atoms with Crippen molar-refractivity contribution in [3.05, 3.63) is 12.7 Å². The zero-order valence-electron chi connectivity index (χ0n) is 3.44. The molecular formula is C4H7B. The summed E-state index contributed by atoms with van der Waals surface area (Å²) in [6.07, 6.45) is 1.69. The molecule has 1 atom stereocenters. The summed E-state index contributed by atoms with van der Waals surface area (Å²) < 4.78 is 0. The van der Waals surface area contributed by atoms with Gasteiger partial charge < -0.3 is 0 Å². The summed E-state index contributed by atoms with van der Waals surface area (Å²) in [5, 5.41) is 0. The molecule has 26 valence electrons. The lowest BCUT2D eigenvalue weighted by Gasteiger charge is -1.84. The van der Waals surface area contributed by atoms with Gasteiger partial charge in [0.05, 0.1) is 7.85 Å². The van der Waals surface area contributed by atoms with Gasteiger partial charge >= 0.3 is 0 Å². The van der Waals surface area contributed by atoms with Gasteiger partial charge in [-0.3, -0.25) is 0 Å². The molecule has 0 bridgehead atoms. The van der Waals surface area contributed by atoms with Crippen LogP contribution in [-0.2, 0) is 0 Å². The summed E-state index contributed by atoms with van der Waals surface area (Å²) >= 11 is 0. The topological polar surface area (TPSA) is 0 Å². The Balaban J connectivity index is 2.83. The van der Waals surface area contributed by atoms with E-state index in [9.17, 15) is 0 Å². The van der Waals surface area contributed by atoms with Crippen LogP contribution in [-0.4, -0.2) is 7.85 Å². The Labute approximate surface area is 34.3 Å². The maximum absolute atomic E-state index is 5.17. The van der Waals surface area contributed by atoms with Crippen LogP contribution in [0.25, 0.3) is 0 Å². The van der Waals surface area contributed by atoms with Crippen molar-refractivity contribution in [2.75, 3.05) is 0 Å². The van der Waals surface area contributed by atoms with Crippen molar-refractivity contribution < 1.29 is 0 Å². The molecule has 0 aliphatic carbocycles. The van der Waals surface area contributed by atoms with E-state index in [1.165, 1.54) is 0 Å². The molecule has 0 saturated carbocycles. The van der Waals surface area contributed by atoms with Crippen LogP contribution in [0.4, 0.5) is 0 Å². The van der Waals surface area contributed by atoms with Crippen molar-refractivity contribution in [1.82, 2.24) is 0 Å². The molecule has 0 aliphatic heterocycles. The largest absolute Gasteiger partial charge is 0.104 e. The van der Waals surface area contributed by atoms with Crippen molar-refractivity contribution in [3.63, 3.8) is 0 Å². The van der Waals surface area contributed by atoms with Crippen molar-refractivity contribution in [2.24, 2.45) is 0 Å². The number of hydrogen-bond donors (Lipinski definition) is 0. The summed E-state index contributed by atoms with van der Waals surface area (Å²) in [6.45, 7) is 5.32. The van der Waals surface area contributed by atoms with E-state index >= 15 is 0 Å². The second-order valence-electron chi connectivity index (χ2n) is 1.09. The maximum Gasteiger partial charge on any atom is 0.0751 e. The van der Waals surface area contributed by atoms with Gasteiger partial charge in [0.15, 0.2) is 0 Å². The van der Waals surface area contributed by atoms with Crippen LogP contribution >= 0.6 is 0 Å². The minimum Gasteiger partial charge on any atom is -0.104 e. The number of hydrogen-bond acceptors (Lipinski definition) is 0. The monoisotopic (exact) mass is 66.1 g/mol. The smallest absolute Gasteiger partial charge is 0.0751 e. The van der Waals surface area contributed by atoms with E-state index in [-0.39, 0.29) is 5.82 Å². The molecule has 0 saturated heterocycles. The fourth-order valence-electron chi connectivity index (χ4n) is 0. The van der Waals surface area contributed by atoms with E-state index in [2.05, 4.69) is 6.58 Å². The fraction of sp³-hybridized carbons (Fsp3) is 0.500. The van der Waals surface area contributed by atoms with E-state index in [0.717, 1.165) is 0 Å². The molecule has 0 heterocycles. The maximum atomic E-state index is 5.17. The van der Waals surface area contributed by atoms with Crippen LogP contribution in [0.3, 0.4) is 0 Å². The summed E-state index contributed by atoms with van der Waals surface area (Å²) in [4.78, 5) is 0. The summed E-state index contributed by atoms with van der Waals surface area (Å²) in [5.74, 6) is 0.148. The lowest BCUT2D eigenvalue weighted by Crippen LogP contribution is -1.71. The molecule has 5 heavy (non-hydrogen) atoms. The summed E-state index contributed by atoms with van der Waals surface area (Å²) in [5.41, 5.74) is 0. The van der Waals surface area contributed by atoms with E-state index in [4.69, 9.17) is 7.85 Å². The molecule has 0 spiro atoms. The van der Waals surface area contributed by atoms with Gasteiger partial charge in [-0.25, -0.2) is 0 Å². The van der Waals surface area contributed by atoms with Crippen LogP contribution < -0.4 is 0 Å². The summed E-state index contributed by atoms with van der Waals surface area (Å²) in [7, 11) is 5.17. The molecule has 0 N–H and O–H groups in total. The predicted octanol–water partition coefficient (Wildman–Crippen LogP) is 1.15. The molecule has 1 unspecified atom stereocenters. The second kappa shape index (κ2) is 2.07. The van der Waals surface area contributed by atoms with Crippen molar-refractivity contribution in [3.8, 4) is 0 Å². The molecule has 0 aliphatic rings. The third kappa shape index (κ3) is 3.80. The average Bonchev–Trinajstić information content (AvgIpc) is 1.38. The van der Waals surface area contributed by atoms with Gasteiger partial charge in [0, 0.05) is 0 Å². The molecule has 1 heteroatoms. The van der Waals surface area contributed by atoms with Gasteiger partial charge in [-0.05, 0) is 0 Å². The third-order valence-corrected chi connectivity index (χ3v) is 0.372. The molecule has 0 aromatic rings. The molecule has 0 amide bonds. The standard InChI is InChI=1S/C4H7B/c1-3-4(2)5/h3-4H,1H2,2H3. The number of allylic oxidation sites excluding steroid dienone is 1. The first-order valence-corrected chi connectivity index (χ1v) is 1.65. The van der Waals surface area contributed by atoms with Crippen molar-refractivity contribution in [1.29, 1.82) is 0 Å². The van der Waals surface area contributed by atoms with E-state index in [1.54, 1.807) is 6.08 Å². The Hall–Kier alpha value is -0.195. The van der Waals surface area contributed by atoms with Gasteiger partial charge in [0.2, 0.25) is 0 Å². The Kier molecular flexibility index (Phi) is 1.99. The molecular weight excluding hydrogens is 58.9 g/mol. The highest BCUT2D eigenvalue weighted by Crippen LogP contribution is 1.91. The van der Waals surface area contributed by atoms with E-state index in [0.29, 0.717) is 0 Å². The quantitative estimate of drug-likeness (QED) is 0.318. The van der Waals surface area contributed by atoms with Gasteiger partial charge in [0.1, 0.15) is 0 Å². The lowest BCUT2D eigenvalue weighted by atomic mass is 9.90. The number of rotatable bonds is 1. The molecule has 0 fully saturated rings. The Morgan fingerprint density at radius 3 is 2.20 bits per heavy atom. The van der Waals surface area contributed by atoms with E-state index in [1.807, 2.05) is 6.92 Å². The minimum atomic E-state index is 0.148. The van der Waals surface area contributed by atoms with Crippen LogP contribution in [0, 0.1) is 0 Å². The molecule has 2 radical (unpaired) electrons. The van der Waals surface area contributed by atoms with Gasteiger partial charge in [-0.2, -0.15) is 0 Å². The predicted molar refractivity (Wildman–Crippen MR) is 25.4 cm³/mol. The Morgan fingerprint density at radius 2 is 2.20 bits per heavy atom. The van der Waals surface area contributed by atoms with Crippen molar-refractivity contribution >= 4 is 7.85 Å². The first-order chi connectivity index (χ1) is 2.27. The Morgan fingerprint density at radius 1 is 2.00 bits per heavy atom. The zero-order valence-corrected chi connectivity index (χ0v) is 3.44. The first-order valence-electron chi connectivity index (χ1n) is 1.65. The van der Waals surface area contributed by atoms with Gasteiger partial charge in [-0.15, -0.1) is 6.58 Å². The van der Waals surface area contributed by atoms with Crippen LogP contribution in [0.2, 0.25) is 5.82 Å². The SMILES string of the molecule is [B]C(C)C=C. The normalized spacial score (nSPS) is 13.8. The highest BCUT2D eigenvalue weighted by Gasteiger charge is 1.74. The summed E-state index contributed by atoms with van der Waals surface area (Å²) in [6, 6.07) is 0. The first kappa shape index (κ1) is 4.80. The van der Waals surface area contributed by atoms with Crippen LogP contribution in [0.1, 0.15) is 6.92 Å². The minimum absolute atomic E-state index is 0.148. The lowest BCUT2D eigenvalue weighted by molar-refractivity contribution is 1.22. The van der Waals surface area contributed by atoms with Crippen molar-refractivity contribution in [2.45, 2.75) is 12.7 Å². The van der Waals surface area contributed by atoms with Gasteiger partial charge in [-0.1, -0.05) is 18.8 Å². The highest BCUT2D eigenvalue weighted by atomic mass is 13.7. The average molecular weight is 65.9 g/mol. The Bertz CT molecular complexity index is 30.6. The van der Waals surface area contributed by atoms with Crippen LogP contribution in [0.15, 0.2) is 12.7 Å². The molecule has 0 rings (SSSR count). The third-order valence-electron chi connectivity index (χ3n) is 0.372.